The summed E-state index contributed by atoms with van der Waals surface area (Å²) in [4.78, 5) is 14.9. The van der Waals surface area contributed by atoms with E-state index in [4.69, 9.17) is 14.0 Å². The summed E-state index contributed by atoms with van der Waals surface area (Å²) in [6.07, 6.45) is -0.463. The van der Waals surface area contributed by atoms with Gasteiger partial charge < -0.3 is 19.4 Å². The van der Waals surface area contributed by atoms with Crippen LogP contribution in [0.1, 0.15) is 59.6 Å². The molecule has 1 amide bonds. The van der Waals surface area contributed by atoms with E-state index in [2.05, 4.69) is 21.6 Å². The molecule has 1 aromatic carbocycles. The van der Waals surface area contributed by atoms with Gasteiger partial charge in [-0.3, -0.25) is 10.2 Å². The molecule has 0 aromatic heterocycles. The lowest BCUT2D eigenvalue weighted by Gasteiger charge is -2.32. The van der Waals surface area contributed by atoms with E-state index in [1.165, 1.54) is 0 Å². The Morgan fingerprint density at radius 3 is 2.29 bits per heavy atom. The van der Waals surface area contributed by atoms with Crippen LogP contribution in [0.3, 0.4) is 0 Å². The first-order valence-corrected chi connectivity index (χ1v) is 11.2. The van der Waals surface area contributed by atoms with Gasteiger partial charge in [-0.2, -0.15) is 0 Å². The zero-order valence-corrected chi connectivity index (χ0v) is 20.3. The molecule has 2 N–H and O–H groups in total. The van der Waals surface area contributed by atoms with Crippen molar-refractivity contribution in [3.63, 3.8) is 0 Å². The second kappa shape index (κ2) is 8.73. The highest BCUT2D eigenvalue weighted by molar-refractivity contribution is 6.62. The number of carbonyl (C=O) groups is 1. The summed E-state index contributed by atoms with van der Waals surface area (Å²) in [6.45, 7) is 20.5. The van der Waals surface area contributed by atoms with Crippen molar-refractivity contribution in [2.45, 2.75) is 78.7 Å². The summed E-state index contributed by atoms with van der Waals surface area (Å²) in [6, 6.07) is 4.19. The molecule has 7 nitrogen and oxygen atoms in total. The quantitative estimate of drug-likeness (QED) is 0.715. The van der Waals surface area contributed by atoms with Gasteiger partial charge >= 0.3 is 13.2 Å². The van der Waals surface area contributed by atoms with Gasteiger partial charge in [-0.15, -0.1) is 0 Å². The smallest absolute Gasteiger partial charge is 0.444 e. The molecule has 31 heavy (non-hydrogen) atoms. The van der Waals surface area contributed by atoms with E-state index >= 15 is 0 Å². The summed E-state index contributed by atoms with van der Waals surface area (Å²) in [5.41, 5.74) is 2.28. The van der Waals surface area contributed by atoms with Crippen molar-refractivity contribution < 1.29 is 18.8 Å². The molecule has 0 spiro atoms. The van der Waals surface area contributed by atoms with E-state index in [-0.39, 0.29) is 0 Å². The first kappa shape index (κ1) is 24.0. The minimum atomic E-state index is -0.565. The molecular weight excluding hydrogens is 393 g/mol. The molecule has 0 bridgehead atoms. The zero-order valence-electron chi connectivity index (χ0n) is 20.3. The maximum absolute atomic E-state index is 12.5. The minimum Gasteiger partial charge on any atom is -0.444 e. The van der Waals surface area contributed by atoms with Gasteiger partial charge in [0.25, 0.3) is 0 Å². The van der Waals surface area contributed by atoms with Gasteiger partial charge in [0.2, 0.25) is 0 Å². The van der Waals surface area contributed by atoms with Crippen LogP contribution in [0.15, 0.2) is 12.1 Å². The van der Waals surface area contributed by atoms with Gasteiger partial charge in [0, 0.05) is 38.4 Å². The van der Waals surface area contributed by atoms with E-state index in [1.807, 2.05) is 61.5 Å². The van der Waals surface area contributed by atoms with Gasteiger partial charge in [-0.25, -0.2) is 4.79 Å². The van der Waals surface area contributed by atoms with Crippen LogP contribution in [0.5, 0.6) is 0 Å². The van der Waals surface area contributed by atoms with Crippen LogP contribution in [0.4, 0.5) is 10.5 Å². The van der Waals surface area contributed by atoms with Crippen LogP contribution in [0.2, 0.25) is 0 Å². The van der Waals surface area contributed by atoms with E-state index in [1.54, 1.807) is 0 Å². The van der Waals surface area contributed by atoms with Crippen molar-refractivity contribution in [3.05, 3.63) is 23.3 Å². The van der Waals surface area contributed by atoms with Crippen molar-refractivity contribution in [1.29, 1.82) is 0 Å². The third-order valence-corrected chi connectivity index (χ3v) is 6.27. The van der Waals surface area contributed by atoms with Crippen LogP contribution in [0, 0.1) is 6.92 Å². The molecule has 0 radical (unpaired) electrons. The standard InChI is InChI=1S/C23H38BN3O4/c1-16-18(24-30-22(5,6)23(7,8)31-24)13-17(15-27-11-9-25-10-12-27)14-19(16)26-20(28)29-21(2,3)4/h13-14,25H,9-12,15H2,1-8H3,(H,26,28). The fraction of sp³-hybridized carbons (Fsp3) is 0.696. The summed E-state index contributed by atoms with van der Waals surface area (Å²) in [5, 5.41) is 6.33. The fourth-order valence-electron chi connectivity index (χ4n) is 3.78. The van der Waals surface area contributed by atoms with Gasteiger partial charge in [0.1, 0.15) is 5.60 Å². The number of hydrogen-bond donors (Lipinski definition) is 2. The fourth-order valence-corrected chi connectivity index (χ4v) is 3.78. The van der Waals surface area contributed by atoms with Crippen molar-refractivity contribution in [2.24, 2.45) is 0 Å². The first-order chi connectivity index (χ1) is 14.3. The lowest BCUT2D eigenvalue weighted by molar-refractivity contribution is 0.00578. The Bertz CT molecular complexity index is 798. The zero-order chi connectivity index (χ0) is 23.0. The van der Waals surface area contributed by atoms with Gasteiger partial charge in [0.15, 0.2) is 0 Å². The van der Waals surface area contributed by atoms with Gasteiger partial charge in [-0.1, -0.05) is 6.07 Å². The number of anilines is 1. The summed E-state index contributed by atoms with van der Waals surface area (Å²) < 4.78 is 18.1. The van der Waals surface area contributed by atoms with Gasteiger partial charge in [0.05, 0.1) is 11.2 Å². The van der Waals surface area contributed by atoms with Crippen molar-refractivity contribution in [2.75, 3.05) is 31.5 Å². The Hall–Kier alpha value is -1.61. The average molecular weight is 431 g/mol. The number of nitrogens with zero attached hydrogens (tertiary/aromatic N) is 1. The number of nitrogens with one attached hydrogen (secondary N) is 2. The summed E-state index contributed by atoms with van der Waals surface area (Å²) >= 11 is 0. The highest BCUT2D eigenvalue weighted by Gasteiger charge is 2.52. The van der Waals surface area contributed by atoms with Gasteiger partial charge in [-0.05, 0) is 78.0 Å². The highest BCUT2D eigenvalue weighted by atomic mass is 16.7. The Labute approximate surface area is 187 Å². The molecule has 172 valence electrons. The number of rotatable bonds is 4. The van der Waals surface area contributed by atoms with Crippen LogP contribution >= 0.6 is 0 Å². The van der Waals surface area contributed by atoms with E-state index < -0.39 is 30.0 Å². The molecule has 0 unspecified atom stereocenters. The SMILES string of the molecule is Cc1c(NC(=O)OC(C)(C)C)cc(CN2CCNCC2)cc1B1OC(C)(C)C(C)(C)O1. The Kier molecular flexibility index (Phi) is 6.77. The lowest BCUT2D eigenvalue weighted by atomic mass is 9.75. The Balaban J connectivity index is 1.92. The maximum atomic E-state index is 12.5. The molecular formula is C23H38BN3O4. The molecule has 2 fully saturated rings. The molecule has 2 aliphatic rings. The normalized spacial score (nSPS) is 21.2. The molecule has 0 saturated carbocycles. The lowest BCUT2D eigenvalue weighted by Crippen LogP contribution is -2.43. The van der Waals surface area contributed by atoms with Crippen molar-refractivity contribution in [3.8, 4) is 0 Å². The average Bonchev–Trinajstić information content (AvgIpc) is 2.84. The van der Waals surface area contributed by atoms with Crippen LogP contribution in [-0.4, -0.2) is 61.1 Å². The summed E-state index contributed by atoms with van der Waals surface area (Å²) in [7, 11) is -0.493. The monoisotopic (exact) mass is 431 g/mol. The van der Waals surface area contributed by atoms with Crippen molar-refractivity contribution >= 4 is 24.4 Å². The third kappa shape index (κ3) is 5.80. The predicted octanol–water partition coefficient (Wildman–Crippen LogP) is 3.05. The van der Waals surface area contributed by atoms with E-state index in [0.29, 0.717) is 0 Å². The number of hydrogen-bond acceptors (Lipinski definition) is 6. The molecule has 0 aliphatic carbocycles. The van der Waals surface area contributed by atoms with E-state index in [9.17, 15) is 4.79 Å². The Morgan fingerprint density at radius 2 is 1.74 bits per heavy atom. The maximum Gasteiger partial charge on any atom is 0.495 e. The number of benzene rings is 1. The third-order valence-electron chi connectivity index (χ3n) is 6.27. The molecule has 2 heterocycles. The van der Waals surface area contributed by atoms with Crippen LogP contribution < -0.4 is 16.1 Å². The topological polar surface area (TPSA) is 72.1 Å². The number of carbonyl (C=O) groups excluding carboxylic acids is 1. The molecule has 1 aromatic rings. The molecule has 2 saturated heterocycles. The molecule has 8 heteroatoms. The highest BCUT2D eigenvalue weighted by Crippen LogP contribution is 2.37. The molecule has 3 rings (SSSR count). The molecule has 2 aliphatic heterocycles. The van der Waals surface area contributed by atoms with Crippen LogP contribution in [-0.2, 0) is 20.6 Å². The predicted molar refractivity (Wildman–Crippen MR) is 125 cm³/mol. The molecule has 0 atom stereocenters. The second-order valence-corrected chi connectivity index (χ2v) is 10.6. The summed E-state index contributed by atoms with van der Waals surface area (Å²) in [5.74, 6) is 0. The van der Waals surface area contributed by atoms with E-state index in [0.717, 1.165) is 55.0 Å². The first-order valence-electron chi connectivity index (χ1n) is 11.2. The number of piperazine rings is 1. The Morgan fingerprint density at radius 1 is 1.16 bits per heavy atom. The van der Waals surface area contributed by atoms with Crippen molar-refractivity contribution in [1.82, 2.24) is 10.2 Å². The minimum absolute atomic E-state index is 0.433. The number of ether oxygens (including phenoxy) is 1. The largest absolute Gasteiger partial charge is 0.495 e. The number of amides is 1. The second-order valence-electron chi connectivity index (χ2n) is 10.6. The van der Waals surface area contributed by atoms with Crippen LogP contribution in [0.25, 0.3) is 0 Å².